The van der Waals surface area contributed by atoms with Gasteiger partial charge in [0.05, 0.1) is 18.5 Å². The third kappa shape index (κ3) is 5.80. The second-order valence-corrected chi connectivity index (χ2v) is 7.07. The number of aromatic amines is 1. The van der Waals surface area contributed by atoms with Gasteiger partial charge in [-0.2, -0.15) is 10.4 Å². The SMILES string of the molecule is CCCCCOc1ccc(C=NNc2nc(-c3ccccc3)c(C#N)c(=O)[nH]2)cc1C. The Hall–Kier alpha value is -3.92. The maximum atomic E-state index is 12.3. The number of ether oxygens (including phenoxy) is 1. The molecule has 0 aliphatic heterocycles. The number of hydrogen-bond donors (Lipinski definition) is 2. The summed E-state index contributed by atoms with van der Waals surface area (Å²) in [5.41, 5.74) is 5.08. The zero-order valence-electron chi connectivity index (χ0n) is 17.7. The molecule has 0 saturated heterocycles. The molecule has 0 aliphatic rings. The molecule has 1 aromatic heterocycles. The van der Waals surface area contributed by atoms with Crippen LogP contribution >= 0.6 is 0 Å². The van der Waals surface area contributed by atoms with Gasteiger partial charge in [-0.1, -0.05) is 50.1 Å². The number of hydrogen-bond acceptors (Lipinski definition) is 6. The quantitative estimate of drug-likeness (QED) is 0.301. The minimum absolute atomic E-state index is 0.0362. The lowest BCUT2D eigenvalue weighted by molar-refractivity contribution is 0.304. The summed E-state index contributed by atoms with van der Waals surface area (Å²) in [6.07, 6.45) is 5.00. The second kappa shape index (κ2) is 10.7. The molecule has 2 aromatic carbocycles. The summed E-state index contributed by atoms with van der Waals surface area (Å²) in [6, 6.07) is 16.8. The highest BCUT2D eigenvalue weighted by atomic mass is 16.5. The number of rotatable bonds is 9. The van der Waals surface area contributed by atoms with Gasteiger partial charge in [0.2, 0.25) is 5.95 Å². The van der Waals surface area contributed by atoms with Gasteiger partial charge in [-0.05, 0) is 42.7 Å². The Kier molecular flexibility index (Phi) is 7.55. The summed E-state index contributed by atoms with van der Waals surface area (Å²) >= 11 is 0. The van der Waals surface area contributed by atoms with Crippen molar-refractivity contribution in [1.29, 1.82) is 5.26 Å². The van der Waals surface area contributed by atoms with Gasteiger partial charge in [0.1, 0.15) is 17.4 Å². The lowest BCUT2D eigenvalue weighted by Gasteiger charge is -2.09. The highest BCUT2D eigenvalue weighted by Crippen LogP contribution is 2.20. The van der Waals surface area contributed by atoms with Crippen molar-refractivity contribution in [1.82, 2.24) is 9.97 Å². The van der Waals surface area contributed by atoms with Crippen molar-refractivity contribution < 1.29 is 4.74 Å². The molecule has 2 N–H and O–H groups in total. The number of nitrogens with one attached hydrogen (secondary N) is 2. The van der Waals surface area contributed by atoms with E-state index in [1.54, 1.807) is 18.3 Å². The van der Waals surface area contributed by atoms with Gasteiger partial charge in [-0.25, -0.2) is 10.4 Å². The molecule has 7 nitrogen and oxygen atoms in total. The van der Waals surface area contributed by atoms with Gasteiger partial charge in [-0.15, -0.1) is 0 Å². The average Bonchev–Trinajstić information content (AvgIpc) is 2.78. The molecule has 158 valence electrons. The fraction of sp³-hybridized carbons (Fsp3) is 0.250. The molecule has 7 heteroatoms. The van der Waals surface area contributed by atoms with Crippen LogP contribution in [0.15, 0.2) is 58.4 Å². The molecule has 0 fully saturated rings. The van der Waals surface area contributed by atoms with E-state index in [1.807, 2.05) is 49.4 Å². The zero-order valence-corrected chi connectivity index (χ0v) is 17.7. The van der Waals surface area contributed by atoms with Crippen LogP contribution in [0.2, 0.25) is 0 Å². The fourth-order valence-corrected chi connectivity index (χ4v) is 3.05. The van der Waals surface area contributed by atoms with Crippen molar-refractivity contribution in [2.45, 2.75) is 33.1 Å². The molecule has 31 heavy (non-hydrogen) atoms. The number of aromatic nitrogens is 2. The topological polar surface area (TPSA) is 103 Å². The van der Waals surface area contributed by atoms with E-state index < -0.39 is 5.56 Å². The van der Waals surface area contributed by atoms with E-state index in [1.165, 1.54) is 0 Å². The Labute approximate surface area is 181 Å². The van der Waals surface area contributed by atoms with E-state index in [0.29, 0.717) is 17.9 Å². The second-order valence-electron chi connectivity index (χ2n) is 7.07. The third-order valence-electron chi connectivity index (χ3n) is 4.67. The first-order valence-electron chi connectivity index (χ1n) is 10.2. The molecule has 3 rings (SSSR count). The Morgan fingerprint density at radius 1 is 1.23 bits per heavy atom. The molecular weight excluding hydrogens is 390 g/mol. The first-order valence-corrected chi connectivity index (χ1v) is 10.2. The normalized spacial score (nSPS) is 10.7. The number of nitrogens with zero attached hydrogens (tertiary/aromatic N) is 3. The Bertz CT molecular complexity index is 1150. The van der Waals surface area contributed by atoms with Crippen LogP contribution in [0.4, 0.5) is 5.95 Å². The monoisotopic (exact) mass is 415 g/mol. The molecule has 1 heterocycles. The summed E-state index contributed by atoms with van der Waals surface area (Å²) in [6.45, 7) is 4.87. The van der Waals surface area contributed by atoms with Crippen LogP contribution in [-0.2, 0) is 0 Å². The van der Waals surface area contributed by atoms with E-state index in [4.69, 9.17) is 4.74 Å². The molecule has 0 atom stereocenters. The van der Waals surface area contributed by atoms with Crippen LogP contribution in [0.1, 0.15) is 42.9 Å². The summed E-state index contributed by atoms with van der Waals surface area (Å²) in [5, 5.41) is 13.5. The van der Waals surface area contributed by atoms with E-state index in [9.17, 15) is 10.1 Å². The number of anilines is 1. The van der Waals surface area contributed by atoms with Crippen molar-refractivity contribution in [3.05, 3.63) is 75.6 Å². The van der Waals surface area contributed by atoms with Gasteiger partial charge in [0, 0.05) is 5.56 Å². The Morgan fingerprint density at radius 2 is 2.03 bits per heavy atom. The van der Waals surface area contributed by atoms with Gasteiger partial charge >= 0.3 is 0 Å². The van der Waals surface area contributed by atoms with Gasteiger partial charge in [-0.3, -0.25) is 9.78 Å². The molecule has 0 spiro atoms. The molecule has 0 bridgehead atoms. The zero-order chi connectivity index (χ0) is 22.1. The summed E-state index contributed by atoms with van der Waals surface area (Å²) in [5.74, 6) is 1.03. The molecule has 0 saturated carbocycles. The average molecular weight is 415 g/mol. The predicted molar refractivity (Wildman–Crippen MR) is 122 cm³/mol. The number of benzene rings is 2. The van der Waals surface area contributed by atoms with Crippen molar-refractivity contribution in [2.75, 3.05) is 12.0 Å². The largest absolute Gasteiger partial charge is 0.493 e. The first-order chi connectivity index (χ1) is 15.1. The number of hydrazone groups is 1. The molecule has 3 aromatic rings. The van der Waals surface area contributed by atoms with E-state index >= 15 is 0 Å². The van der Waals surface area contributed by atoms with Crippen LogP contribution in [-0.4, -0.2) is 22.8 Å². The molecule has 0 radical (unpaired) electrons. The van der Waals surface area contributed by atoms with E-state index in [0.717, 1.165) is 36.1 Å². The lowest BCUT2D eigenvalue weighted by Crippen LogP contribution is -2.16. The number of aryl methyl sites for hydroxylation is 1. The molecule has 0 amide bonds. The van der Waals surface area contributed by atoms with Gasteiger partial charge in [0.25, 0.3) is 5.56 Å². The smallest absolute Gasteiger partial charge is 0.270 e. The molecule has 0 unspecified atom stereocenters. The van der Waals surface area contributed by atoms with Crippen LogP contribution in [0.3, 0.4) is 0 Å². The number of unbranched alkanes of at least 4 members (excludes halogenated alkanes) is 2. The minimum Gasteiger partial charge on any atom is -0.493 e. The van der Waals surface area contributed by atoms with E-state index in [-0.39, 0.29) is 11.5 Å². The maximum Gasteiger partial charge on any atom is 0.270 e. The summed E-state index contributed by atoms with van der Waals surface area (Å²) in [4.78, 5) is 19.2. The minimum atomic E-state index is -0.519. The van der Waals surface area contributed by atoms with Gasteiger partial charge in [0.15, 0.2) is 0 Å². The van der Waals surface area contributed by atoms with Crippen LogP contribution < -0.4 is 15.7 Å². The summed E-state index contributed by atoms with van der Waals surface area (Å²) < 4.78 is 5.82. The van der Waals surface area contributed by atoms with Crippen molar-refractivity contribution >= 4 is 12.2 Å². The van der Waals surface area contributed by atoms with E-state index in [2.05, 4.69) is 27.4 Å². The number of H-pyrrole nitrogens is 1. The van der Waals surface area contributed by atoms with Crippen LogP contribution in [0.25, 0.3) is 11.3 Å². The summed E-state index contributed by atoms with van der Waals surface area (Å²) in [7, 11) is 0. The van der Waals surface area contributed by atoms with Crippen LogP contribution in [0.5, 0.6) is 5.75 Å². The highest BCUT2D eigenvalue weighted by molar-refractivity contribution is 5.80. The molecular formula is C24H25N5O2. The lowest BCUT2D eigenvalue weighted by atomic mass is 10.1. The van der Waals surface area contributed by atoms with Crippen molar-refractivity contribution in [3.8, 4) is 23.1 Å². The standard InChI is InChI=1S/C24H25N5O2/c1-3-4-8-13-31-21-12-11-18(14-17(21)2)16-26-29-24-27-22(19-9-6-5-7-10-19)20(15-25)23(30)28-24/h5-7,9-12,14,16H,3-4,8,13H2,1-2H3,(H2,27,28,29,30). The first kappa shape index (κ1) is 21.8. The third-order valence-corrected chi connectivity index (χ3v) is 4.67. The Morgan fingerprint density at radius 3 is 2.74 bits per heavy atom. The maximum absolute atomic E-state index is 12.3. The van der Waals surface area contributed by atoms with Crippen molar-refractivity contribution in [2.24, 2.45) is 5.10 Å². The number of nitriles is 1. The van der Waals surface area contributed by atoms with Gasteiger partial charge < -0.3 is 4.74 Å². The van der Waals surface area contributed by atoms with Crippen LogP contribution in [0, 0.1) is 18.3 Å². The Balaban J connectivity index is 1.73. The fourth-order valence-electron chi connectivity index (χ4n) is 3.05. The predicted octanol–water partition coefficient (Wildman–Crippen LogP) is 4.63. The highest BCUT2D eigenvalue weighted by Gasteiger charge is 2.12. The molecule has 0 aliphatic carbocycles. The van der Waals surface area contributed by atoms with Crippen molar-refractivity contribution in [3.63, 3.8) is 0 Å².